The van der Waals surface area contributed by atoms with Crippen LogP contribution in [-0.2, 0) is 19.4 Å². The number of nitrogens with zero attached hydrogens (tertiary/aromatic N) is 1. The molecule has 1 aliphatic rings. The standard InChI is InChI=1S/C15H18N2S/c1-2-3-15-17-14(10-18-15)12-4-5-13-9-16-7-6-11(13)8-12/h4-5,8,10,16H,2-3,6-7,9H2,1H3. The van der Waals surface area contributed by atoms with Crippen LogP contribution in [0.3, 0.4) is 0 Å². The molecule has 1 N–H and O–H groups in total. The largest absolute Gasteiger partial charge is 0.312 e. The summed E-state index contributed by atoms with van der Waals surface area (Å²) in [6.45, 7) is 4.30. The van der Waals surface area contributed by atoms with Crippen LogP contribution in [0.1, 0.15) is 29.5 Å². The zero-order valence-corrected chi connectivity index (χ0v) is 11.5. The molecule has 3 heteroatoms. The number of hydrogen-bond donors (Lipinski definition) is 1. The second-order valence-electron chi connectivity index (χ2n) is 4.79. The Morgan fingerprint density at radius 2 is 2.28 bits per heavy atom. The van der Waals surface area contributed by atoms with Crippen molar-refractivity contribution in [3.63, 3.8) is 0 Å². The van der Waals surface area contributed by atoms with Crippen molar-refractivity contribution in [1.82, 2.24) is 10.3 Å². The summed E-state index contributed by atoms with van der Waals surface area (Å²) in [7, 11) is 0. The zero-order valence-electron chi connectivity index (χ0n) is 10.7. The molecule has 0 aliphatic carbocycles. The number of aromatic nitrogens is 1. The first-order valence-electron chi connectivity index (χ1n) is 6.64. The van der Waals surface area contributed by atoms with E-state index in [0.717, 1.165) is 31.6 Å². The van der Waals surface area contributed by atoms with Crippen molar-refractivity contribution in [1.29, 1.82) is 0 Å². The van der Waals surface area contributed by atoms with Gasteiger partial charge in [-0.25, -0.2) is 4.98 Å². The number of aryl methyl sites for hydroxylation is 1. The van der Waals surface area contributed by atoms with Gasteiger partial charge in [-0.2, -0.15) is 0 Å². The molecule has 0 radical (unpaired) electrons. The molecule has 0 saturated carbocycles. The molecule has 1 aromatic carbocycles. The Morgan fingerprint density at radius 3 is 3.17 bits per heavy atom. The molecule has 18 heavy (non-hydrogen) atoms. The molecule has 0 atom stereocenters. The predicted octanol–water partition coefficient (Wildman–Crippen LogP) is 3.41. The molecule has 2 nitrogen and oxygen atoms in total. The highest BCUT2D eigenvalue weighted by atomic mass is 32.1. The Hall–Kier alpha value is -1.19. The van der Waals surface area contributed by atoms with Gasteiger partial charge in [0.2, 0.25) is 0 Å². The van der Waals surface area contributed by atoms with E-state index in [1.54, 1.807) is 11.3 Å². The molecule has 0 fully saturated rings. The molecule has 0 unspecified atom stereocenters. The molecule has 0 bridgehead atoms. The molecule has 0 saturated heterocycles. The highest BCUT2D eigenvalue weighted by molar-refractivity contribution is 7.09. The van der Waals surface area contributed by atoms with Crippen molar-refractivity contribution in [2.24, 2.45) is 0 Å². The summed E-state index contributed by atoms with van der Waals surface area (Å²) in [6, 6.07) is 6.77. The molecule has 2 heterocycles. The normalized spacial score (nSPS) is 14.5. The second kappa shape index (κ2) is 5.21. The fourth-order valence-electron chi connectivity index (χ4n) is 2.41. The molecule has 3 rings (SSSR count). The summed E-state index contributed by atoms with van der Waals surface area (Å²) in [6.07, 6.45) is 3.40. The smallest absolute Gasteiger partial charge is 0.0932 e. The quantitative estimate of drug-likeness (QED) is 0.912. The molecule has 1 aliphatic heterocycles. The van der Waals surface area contributed by atoms with Crippen LogP contribution >= 0.6 is 11.3 Å². The third-order valence-corrected chi connectivity index (χ3v) is 4.31. The van der Waals surface area contributed by atoms with Crippen LogP contribution in [0, 0.1) is 0 Å². The lowest BCUT2D eigenvalue weighted by Gasteiger charge is -2.17. The van der Waals surface area contributed by atoms with Crippen molar-refractivity contribution in [2.45, 2.75) is 32.7 Å². The van der Waals surface area contributed by atoms with Crippen molar-refractivity contribution < 1.29 is 0 Å². The maximum atomic E-state index is 4.72. The van der Waals surface area contributed by atoms with Gasteiger partial charge in [-0.15, -0.1) is 11.3 Å². The van der Waals surface area contributed by atoms with Crippen molar-refractivity contribution in [3.8, 4) is 11.3 Å². The van der Waals surface area contributed by atoms with E-state index in [1.165, 1.54) is 28.1 Å². The summed E-state index contributed by atoms with van der Waals surface area (Å²) < 4.78 is 0. The van der Waals surface area contributed by atoms with Gasteiger partial charge in [-0.3, -0.25) is 0 Å². The molecule has 0 spiro atoms. The minimum atomic E-state index is 1.01. The zero-order chi connectivity index (χ0) is 12.4. The van der Waals surface area contributed by atoms with E-state index in [2.05, 4.69) is 35.8 Å². The van der Waals surface area contributed by atoms with Crippen LogP contribution < -0.4 is 5.32 Å². The van der Waals surface area contributed by atoms with Gasteiger partial charge in [0.1, 0.15) is 0 Å². The molecule has 1 aromatic heterocycles. The summed E-state index contributed by atoms with van der Waals surface area (Å²) in [5, 5.41) is 6.85. The van der Waals surface area contributed by atoms with E-state index < -0.39 is 0 Å². The van der Waals surface area contributed by atoms with E-state index >= 15 is 0 Å². The molecule has 94 valence electrons. The maximum Gasteiger partial charge on any atom is 0.0932 e. The fourth-order valence-corrected chi connectivity index (χ4v) is 3.32. The third kappa shape index (κ3) is 2.33. The number of thiazole rings is 1. The Morgan fingerprint density at radius 1 is 1.33 bits per heavy atom. The monoisotopic (exact) mass is 258 g/mol. The molecular formula is C15H18N2S. The Balaban J connectivity index is 1.91. The van der Waals surface area contributed by atoms with Crippen LogP contribution in [0.5, 0.6) is 0 Å². The van der Waals surface area contributed by atoms with Crippen LogP contribution in [0.15, 0.2) is 23.6 Å². The van der Waals surface area contributed by atoms with Crippen molar-refractivity contribution in [3.05, 3.63) is 39.7 Å². The predicted molar refractivity (Wildman–Crippen MR) is 77.0 cm³/mol. The highest BCUT2D eigenvalue weighted by Crippen LogP contribution is 2.26. The summed E-state index contributed by atoms with van der Waals surface area (Å²) >= 11 is 1.78. The second-order valence-corrected chi connectivity index (χ2v) is 5.73. The lowest BCUT2D eigenvalue weighted by Crippen LogP contribution is -2.23. The van der Waals surface area contributed by atoms with E-state index in [4.69, 9.17) is 4.98 Å². The lowest BCUT2D eigenvalue weighted by atomic mass is 9.98. The molecular weight excluding hydrogens is 240 g/mol. The van der Waals surface area contributed by atoms with Gasteiger partial charge in [0, 0.05) is 17.5 Å². The first-order chi connectivity index (χ1) is 8.86. The van der Waals surface area contributed by atoms with E-state index in [9.17, 15) is 0 Å². The Kier molecular flexibility index (Phi) is 3.43. The summed E-state index contributed by atoms with van der Waals surface area (Å²) in [5.41, 5.74) is 5.34. The summed E-state index contributed by atoms with van der Waals surface area (Å²) in [4.78, 5) is 4.72. The SMILES string of the molecule is CCCc1nc(-c2ccc3c(c2)CCNC3)cs1. The minimum absolute atomic E-state index is 1.01. The fraction of sp³-hybridized carbons (Fsp3) is 0.400. The van der Waals surface area contributed by atoms with Crippen molar-refractivity contribution in [2.75, 3.05) is 6.54 Å². The highest BCUT2D eigenvalue weighted by Gasteiger charge is 2.11. The average Bonchev–Trinajstić information content (AvgIpc) is 2.87. The molecule has 2 aromatic rings. The van der Waals surface area contributed by atoms with E-state index in [-0.39, 0.29) is 0 Å². The Labute approximate surface area is 112 Å². The van der Waals surface area contributed by atoms with Gasteiger partial charge in [0.25, 0.3) is 0 Å². The maximum absolute atomic E-state index is 4.72. The van der Waals surface area contributed by atoms with E-state index in [0.29, 0.717) is 0 Å². The van der Waals surface area contributed by atoms with Gasteiger partial charge in [0.15, 0.2) is 0 Å². The molecule has 0 amide bonds. The first-order valence-corrected chi connectivity index (χ1v) is 7.52. The average molecular weight is 258 g/mol. The third-order valence-electron chi connectivity index (χ3n) is 3.40. The van der Waals surface area contributed by atoms with Gasteiger partial charge in [-0.1, -0.05) is 19.1 Å². The van der Waals surface area contributed by atoms with Crippen LogP contribution in [-0.4, -0.2) is 11.5 Å². The van der Waals surface area contributed by atoms with Crippen LogP contribution in [0.2, 0.25) is 0 Å². The van der Waals surface area contributed by atoms with Gasteiger partial charge in [-0.05, 0) is 43.0 Å². The number of benzene rings is 1. The van der Waals surface area contributed by atoms with Gasteiger partial charge >= 0.3 is 0 Å². The summed E-state index contributed by atoms with van der Waals surface area (Å²) in [5.74, 6) is 0. The number of fused-ring (bicyclic) bond motifs is 1. The van der Waals surface area contributed by atoms with Gasteiger partial charge < -0.3 is 5.32 Å². The number of nitrogens with one attached hydrogen (secondary N) is 1. The number of rotatable bonds is 3. The van der Waals surface area contributed by atoms with Crippen LogP contribution in [0.4, 0.5) is 0 Å². The topological polar surface area (TPSA) is 24.9 Å². The Bertz CT molecular complexity index is 545. The first kappa shape index (κ1) is 11.9. The van der Waals surface area contributed by atoms with E-state index in [1.807, 2.05) is 0 Å². The lowest BCUT2D eigenvalue weighted by molar-refractivity contribution is 0.644. The number of hydrogen-bond acceptors (Lipinski definition) is 3. The minimum Gasteiger partial charge on any atom is -0.312 e. The van der Waals surface area contributed by atoms with Crippen LogP contribution in [0.25, 0.3) is 11.3 Å². The van der Waals surface area contributed by atoms with Gasteiger partial charge in [0.05, 0.1) is 10.7 Å². The van der Waals surface area contributed by atoms with Crippen molar-refractivity contribution >= 4 is 11.3 Å².